The third kappa shape index (κ3) is 3.81. The first-order chi connectivity index (χ1) is 8.25. The Bertz CT molecular complexity index is 345. The average molecular weight is 235 g/mol. The summed E-state index contributed by atoms with van der Waals surface area (Å²) in [5, 5.41) is 0. The van der Waals surface area contributed by atoms with Crippen molar-refractivity contribution in [2.24, 2.45) is 11.7 Å². The van der Waals surface area contributed by atoms with Crippen molar-refractivity contribution in [2.75, 3.05) is 0 Å². The van der Waals surface area contributed by atoms with E-state index in [9.17, 15) is 4.39 Å². The lowest BCUT2D eigenvalue weighted by molar-refractivity contribution is 0.444. The fourth-order valence-electron chi connectivity index (χ4n) is 2.80. The van der Waals surface area contributed by atoms with Crippen molar-refractivity contribution >= 4 is 0 Å². The molecule has 1 atom stereocenters. The topological polar surface area (TPSA) is 26.0 Å². The molecule has 1 nitrogen and oxygen atoms in total. The fraction of sp³-hybridized carbons (Fsp3) is 0.600. The van der Waals surface area contributed by atoms with E-state index in [1.165, 1.54) is 38.2 Å². The van der Waals surface area contributed by atoms with Crippen LogP contribution in [0.4, 0.5) is 4.39 Å². The van der Waals surface area contributed by atoms with E-state index in [2.05, 4.69) is 0 Å². The predicted octanol–water partition coefficient (Wildman–Crippen LogP) is 3.67. The van der Waals surface area contributed by atoms with Crippen LogP contribution in [0.25, 0.3) is 0 Å². The van der Waals surface area contributed by atoms with Gasteiger partial charge in [-0.05, 0) is 36.8 Å². The normalized spacial score (nSPS) is 18.5. The van der Waals surface area contributed by atoms with Gasteiger partial charge in [-0.25, -0.2) is 4.39 Å². The van der Waals surface area contributed by atoms with Gasteiger partial charge in [0, 0.05) is 6.04 Å². The second kappa shape index (κ2) is 6.15. The second-order valence-corrected chi connectivity index (χ2v) is 5.28. The average Bonchev–Trinajstić information content (AvgIpc) is 2.82. The van der Waals surface area contributed by atoms with Crippen LogP contribution in [0.2, 0.25) is 0 Å². The molecule has 94 valence electrons. The summed E-state index contributed by atoms with van der Waals surface area (Å²) in [5.74, 6) is 0.755. The Labute approximate surface area is 103 Å². The van der Waals surface area contributed by atoms with Crippen LogP contribution in [-0.2, 0) is 6.42 Å². The lowest BCUT2D eigenvalue weighted by atomic mass is 9.95. The Morgan fingerprint density at radius 2 is 1.94 bits per heavy atom. The summed E-state index contributed by atoms with van der Waals surface area (Å²) >= 11 is 0. The van der Waals surface area contributed by atoms with Gasteiger partial charge in [-0.15, -0.1) is 0 Å². The Balaban J connectivity index is 1.76. The lowest BCUT2D eigenvalue weighted by Crippen LogP contribution is -2.24. The Morgan fingerprint density at radius 1 is 1.24 bits per heavy atom. The van der Waals surface area contributed by atoms with E-state index in [0.29, 0.717) is 6.42 Å². The van der Waals surface area contributed by atoms with Crippen LogP contribution in [0.5, 0.6) is 0 Å². The standard InChI is InChI=1S/C15H22FN/c16-15-8-4-3-7-13(15)11-14(17)10-9-12-5-1-2-6-12/h3-4,7-8,12,14H,1-2,5-6,9-11,17H2. The van der Waals surface area contributed by atoms with Gasteiger partial charge in [0.2, 0.25) is 0 Å². The summed E-state index contributed by atoms with van der Waals surface area (Å²) in [6, 6.07) is 7.06. The van der Waals surface area contributed by atoms with Gasteiger partial charge in [-0.1, -0.05) is 43.9 Å². The molecule has 0 spiro atoms. The minimum absolute atomic E-state index is 0.104. The fourth-order valence-corrected chi connectivity index (χ4v) is 2.80. The number of rotatable bonds is 5. The zero-order chi connectivity index (χ0) is 12.1. The number of halogens is 1. The third-order valence-electron chi connectivity index (χ3n) is 3.86. The molecule has 1 saturated carbocycles. The van der Waals surface area contributed by atoms with E-state index in [0.717, 1.165) is 17.9 Å². The zero-order valence-corrected chi connectivity index (χ0v) is 10.4. The smallest absolute Gasteiger partial charge is 0.126 e. The molecule has 0 amide bonds. The molecular weight excluding hydrogens is 213 g/mol. The first-order valence-corrected chi connectivity index (χ1v) is 6.74. The third-order valence-corrected chi connectivity index (χ3v) is 3.86. The molecule has 0 heterocycles. The highest BCUT2D eigenvalue weighted by molar-refractivity contribution is 5.18. The van der Waals surface area contributed by atoms with E-state index in [1.807, 2.05) is 12.1 Å². The van der Waals surface area contributed by atoms with E-state index in [-0.39, 0.29) is 11.9 Å². The van der Waals surface area contributed by atoms with Crippen LogP contribution in [0.1, 0.15) is 44.1 Å². The van der Waals surface area contributed by atoms with Gasteiger partial charge in [0.15, 0.2) is 0 Å². The first kappa shape index (κ1) is 12.6. The molecule has 1 aromatic rings. The Kier molecular flexibility index (Phi) is 4.55. The van der Waals surface area contributed by atoms with Crippen LogP contribution < -0.4 is 5.73 Å². The van der Waals surface area contributed by atoms with Crippen molar-refractivity contribution in [3.05, 3.63) is 35.6 Å². The van der Waals surface area contributed by atoms with Crippen molar-refractivity contribution in [1.29, 1.82) is 0 Å². The lowest BCUT2D eigenvalue weighted by Gasteiger charge is -2.15. The van der Waals surface area contributed by atoms with Crippen LogP contribution >= 0.6 is 0 Å². The molecule has 2 rings (SSSR count). The minimum Gasteiger partial charge on any atom is -0.327 e. The summed E-state index contributed by atoms with van der Waals surface area (Å²) in [4.78, 5) is 0. The summed E-state index contributed by atoms with van der Waals surface area (Å²) in [6.07, 6.45) is 8.41. The SMILES string of the molecule is NC(CCC1CCCC1)Cc1ccccc1F. The maximum absolute atomic E-state index is 13.4. The number of hydrogen-bond donors (Lipinski definition) is 1. The van der Waals surface area contributed by atoms with Crippen molar-refractivity contribution in [3.8, 4) is 0 Å². The molecule has 1 aromatic carbocycles. The van der Waals surface area contributed by atoms with Gasteiger partial charge in [-0.3, -0.25) is 0 Å². The molecule has 0 aliphatic heterocycles. The highest BCUT2D eigenvalue weighted by Gasteiger charge is 2.16. The maximum Gasteiger partial charge on any atom is 0.126 e. The molecule has 0 bridgehead atoms. The summed E-state index contributed by atoms with van der Waals surface area (Å²) in [6.45, 7) is 0. The number of hydrogen-bond acceptors (Lipinski definition) is 1. The minimum atomic E-state index is -0.121. The van der Waals surface area contributed by atoms with Crippen LogP contribution in [0, 0.1) is 11.7 Å². The monoisotopic (exact) mass is 235 g/mol. The number of nitrogens with two attached hydrogens (primary N) is 1. The van der Waals surface area contributed by atoms with E-state index < -0.39 is 0 Å². The van der Waals surface area contributed by atoms with Crippen LogP contribution in [0.3, 0.4) is 0 Å². The van der Waals surface area contributed by atoms with Crippen molar-refractivity contribution < 1.29 is 4.39 Å². The maximum atomic E-state index is 13.4. The van der Waals surface area contributed by atoms with E-state index in [1.54, 1.807) is 6.07 Å². The molecule has 1 fully saturated rings. The van der Waals surface area contributed by atoms with Gasteiger partial charge in [0.1, 0.15) is 5.82 Å². The zero-order valence-electron chi connectivity index (χ0n) is 10.4. The van der Waals surface area contributed by atoms with E-state index >= 15 is 0 Å². The second-order valence-electron chi connectivity index (χ2n) is 5.28. The molecule has 1 unspecified atom stereocenters. The highest BCUT2D eigenvalue weighted by Crippen LogP contribution is 2.29. The molecule has 17 heavy (non-hydrogen) atoms. The van der Waals surface area contributed by atoms with Gasteiger partial charge in [0.05, 0.1) is 0 Å². The van der Waals surface area contributed by atoms with Crippen molar-refractivity contribution in [1.82, 2.24) is 0 Å². The highest BCUT2D eigenvalue weighted by atomic mass is 19.1. The molecule has 1 aliphatic carbocycles. The molecule has 1 aliphatic rings. The molecule has 2 N–H and O–H groups in total. The summed E-state index contributed by atoms with van der Waals surface area (Å²) in [5.41, 5.74) is 6.84. The van der Waals surface area contributed by atoms with Crippen LogP contribution in [0.15, 0.2) is 24.3 Å². The molecule has 0 radical (unpaired) electrons. The van der Waals surface area contributed by atoms with Gasteiger partial charge < -0.3 is 5.73 Å². The Hall–Kier alpha value is -0.890. The molecule has 2 heteroatoms. The van der Waals surface area contributed by atoms with E-state index in [4.69, 9.17) is 5.73 Å². The summed E-state index contributed by atoms with van der Waals surface area (Å²) < 4.78 is 13.4. The van der Waals surface area contributed by atoms with Gasteiger partial charge >= 0.3 is 0 Å². The first-order valence-electron chi connectivity index (χ1n) is 6.74. The number of benzene rings is 1. The molecular formula is C15H22FN. The van der Waals surface area contributed by atoms with Gasteiger partial charge in [-0.2, -0.15) is 0 Å². The Morgan fingerprint density at radius 3 is 2.65 bits per heavy atom. The summed E-state index contributed by atoms with van der Waals surface area (Å²) in [7, 11) is 0. The largest absolute Gasteiger partial charge is 0.327 e. The van der Waals surface area contributed by atoms with Crippen molar-refractivity contribution in [2.45, 2.75) is 51.0 Å². The van der Waals surface area contributed by atoms with Gasteiger partial charge in [0.25, 0.3) is 0 Å². The predicted molar refractivity (Wildman–Crippen MR) is 69.3 cm³/mol. The molecule has 0 saturated heterocycles. The van der Waals surface area contributed by atoms with Crippen LogP contribution in [-0.4, -0.2) is 6.04 Å². The quantitative estimate of drug-likeness (QED) is 0.828. The molecule has 0 aromatic heterocycles. The van der Waals surface area contributed by atoms with Crippen molar-refractivity contribution in [3.63, 3.8) is 0 Å².